The number of carbonyl (C=O) groups excluding carboxylic acids is 1. The zero-order chi connectivity index (χ0) is 19.3. The second-order valence-electron chi connectivity index (χ2n) is 6.16. The number of ether oxygens (including phenoxy) is 1. The SMILES string of the molecule is COc1ccc(-c2cc(C(=O)N/N=C\c3cccc4ccccc34)[nH]n2)cc1. The van der Waals surface area contributed by atoms with Crippen LogP contribution in [0.1, 0.15) is 16.1 Å². The number of benzene rings is 3. The molecule has 1 amide bonds. The molecule has 1 aromatic heterocycles. The molecule has 6 heteroatoms. The Morgan fingerprint density at radius 3 is 2.68 bits per heavy atom. The number of carbonyl (C=O) groups is 1. The highest BCUT2D eigenvalue weighted by Crippen LogP contribution is 2.21. The first-order chi connectivity index (χ1) is 13.7. The van der Waals surface area contributed by atoms with E-state index in [9.17, 15) is 4.79 Å². The Balaban J connectivity index is 1.46. The number of aromatic nitrogens is 2. The molecular formula is C22H18N4O2. The van der Waals surface area contributed by atoms with Gasteiger partial charge < -0.3 is 4.74 Å². The van der Waals surface area contributed by atoms with Gasteiger partial charge in [0.05, 0.1) is 19.0 Å². The van der Waals surface area contributed by atoms with E-state index in [2.05, 4.69) is 20.7 Å². The molecule has 0 saturated heterocycles. The van der Waals surface area contributed by atoms with Crippen molar-refractivity contribution in [1.29, 1.82) is 0 Å². The van der Waals surface area contributed by atoms with E-state index in [0.29, 0.717) is 11.4 Å². The zero-order valence-electron chi connectivity index (χ0n) is 15.2. The van der Waals surface area contributed by atoms with Crippen molar-refractivity contribution in [1.82, 2.24) is 15.6 Å². The lowest BCUT2D eigenvalue weighted by Crippen LogP contribution is -2.18. The number of methoxy groups -OCH3 is 1. The summed E-state index contributed by atoms with van der Waals surface area (Å²) in [7, 11) is 1.62. The first-order valence-electron chi connectivity index (χ1n) is 8.75. The van der Waals surface area contributed by atoms with Crippen molar-refractivity contribution in [2.75, 3.05) is 7.11 Å². The van der Waals surface area contributed by atoms with Crippen molar-refractivity contribution in [3.8, 4) is 17.0 Å². The van der Waals surface area contributed by atoms with Crippen molar-refractivity contribution < 1.29 is 9.53 Å². The highest BCUT2D eigenvalue weighted by atomic mass is 16.5. The number of aromatic amines is 1. The molecule has 138 valence electrons. The molecule has 2 N–H and O–H groups in total. The molecule has 4 aromatic rings. The van der Waals surface area contributed by atoms with Gasteiger partial charge in [-0.2, -0.15) is 10.2 Å². The van der Waals surface area contributed by atoms with E-state index in [-0.39, 0.29) is 5.91 Å². The zero-order valence-corrected chi connectivity index (χ0v) is 15.2. The van der Waals surface area contributed by atoms with E-state index in [1.807, 2.05) is 66.7 Å². The minimum Gasteiger partial charge on any atom is -0.497 e. The molecule has 0 aliphatic heterocycles. The molecule has 0 spiro atoms. The first kappa shape index (κ1) is 17.5. The molecule has 1 heterocycles. The molecule has 28 heavy (non-hydrogen) atoms. The van der Waals surface area contributed by atoms with Gasteiger partial charge in [-0.25, -0.2) is 5.43 Å². The minimum absolute atomic E-state index is 0.334. The van der Waals surface area contributed by atoms with E-state index in [4.69, 9.17) is 4.74 Å². The maximum Gasteiger partial charge on any atom is 0.289 e. The predicted molar refractivity (Wildman–Crippen MR) is 110 cm³/mol. The van der Waals surface area contributed by atoms with Crippen LogP contribution in [0.15, 0.2) is 77.9 Å². The van der Waals surface area contributed by atoms with Crippen LogP contribution < -0.4 is 10.2 Å². The van der Waals surface area contributed by atoms with Crippen LogP contribution in [0, 0.1) is 0 Å². The number of hydrogen-bond donors (Lipinski definition) is 2. The second-order valence-corrected chi connectivity index (χ2v) is 6.16. The van der Waals surface area contributed by atoms with Gasteiger partial charge >= 0.3 is 0 Å². The number of hydrazone groups is 1. The third-order valence-electron chi connectivity index (χ3n) is 4.40. The van der Waals surface area contributed by atoms with Gasteiger partial charge in [0.2, 0.25) is 0 Å². The van der Waals surface area contributed by atoms with Crippen LogP contribution in [0.5, 0.6) is 5.75 Å². The third-order valence-corrected chi connectivity index (χ3v) is 4.40. The molecular weight excluding hydrogens is 352 g/mol. The molecule has 0 atom stereocenters. The van der Waals surface area contributed by atoms with Crippen LogP contribution in [0.3, 0.4) is 0 Å². The fraction of sp³-hybridized carbons (Fsp3) is 0.0455. The van der Waals surface area contributed by atoms with Gasteiger partial charge in [-0.3, -0.25) is 9.89 Å². The average molecular weight is 370 g/mol. The lowest BCUT2D eigenvalue weighted by atomic mass is 10.1. The summed E-state index contributed by atoms with van der Waals surface area (Å²) in [6, 6.07) is 23.1. The number of hydrogen-bond acceptors (Lipinski definition) is 4. The Kier molecular flexibility index (Phi) is 4.84. The summed E-state index contributed by atoms with van der Waals surface area (Å²) in [6.45, 7) is 0. The van der Waals surface area contributed by atoms with Crippen LogP contribution >= 0.6 is 0 Å². The quantitative estimate of drug-likeness (QED) is 0.412. The van der Waals surface area contributed by atoms with Crippen molar-refractivity contribution >= 4 is 22.9 Å². The fourth-order valence-electron chi connectivity index (χ4n) is 2.93. The Morgan fingerprint density at radius 1 is 1.07 bits per heavy atom. The van der Waals surface area contributed by atoms with Gasteiger partial charge in [0.25, 0.3) is 5.91 Å². The number of nitrogens with one attached hydrogen (secondary N) is 2. The first-order valence-corrected chi connectivity index (χ1v) is 8.75. The van der Waals surface area contributed by atoms with Crippen LogP contribution in [-0.4, -0.2) is 29.4 Å². The average Bonchev–Trinajstić information content (AvgIpc) is 3.24. The number of H-pyrrole nitrogens is 1. The Hall–Kier alpha value is -3.93. The molecule has 0 fully saturated rings. The van der Waals surface area contributed by atoms with Crippen LogP contribution in [0.25, 0.3) is 22.0 Å². The molecule has 0 radical (unpaired) electrons. The summed E-state index contributed by atoms with van der Waals surface area (Å²) in [5, 5.41) is 13.2. The standard InChI is InChI=1S/C22H18N4O2/c1-28-18-11-9-16(10-12-18)20-13-21(25-24-20)22(27)26-23-14-17-7-4-6-15-5-2-3-8-19(15)17/h2-14H,1H3,(H,24,25)(H,26,27)/b23-14-. The van der Waals surface area contributed by atoms with Crippen molar-refractivity contribution in [2.45, 2.75) is 0 Å². The molecule has 3 aromatic carbocycles. The highest BCUT2D eigenvalue weighted by Gasteiger charge is 2.10. The van der Waals surface area contributed by atoms with Gasteiger partial charge in [-0.05, 0) is 41.1 Å². The Labute approximate surface area is 161 Å². The second kappa shape index (κ2) is 7.75. The minimum atomic E-state index is -0.358. The molecule has 0 aliphatic carbocycles. The van der Waals surface area contributed by atoms with E-state index in [1.165, 1.54) is 0 Å². The van der Waals surface area contributed by atoms with Gasteiger partial charge in [-0.1, -0.05) is 42.5 Å². The summed E-state index contributed by atoms with van der Waals surface area (Å²) >= 11 is 0. The topological polar surface area (TPSA) is 79.4 Å². The largest absolute Gasteiger partial charge is 0.497 e. The summed E-state index contributed by atoms with van der Waals surface area (Å²) in [5.74, 6) is 0.406. The van der Waals surface area contributed by atoms with Gasteiger partial charge in [0.1, 0.15) is 11.4 Å². The molecule has 0 aliphatic rings. The molecule has 0 bridgehead atoms. The summed E-state index contributed by atoms with van der Waals surface area (Å²) < 4.78 is 5.15. The van der Waals surface area contributed by atoms with Crippen LogP contribution in [0.2, 0.25) is 0 Å². The number of nitrogens with zero attached hydrogens (tertiary/aromatic N) is 2. The molecule has 6 nitrogen and oxygen atoms in total. The predicted octanol–water partition coefficient (Wildman–Crippen LogP) is 4.00. The lowest BCUT2D eigenvalue weighted by molar-refractivity contribution is 0.0950. The van der Waals surface area contributed by atoms with Crippen molar-refractivity contribution in [3.63, 3.8) is 0 Å². The molecule has 0 unspecified atom stereocenters. The summed E-state index contributed by atoms with van der Waals surface area (Å²) in [6.07, 6.45) is 1.64. The van der Waals surface area contributed by atoms with E-state index in [1.54, 1.807) is 19.4 Å². The maximum absolute atomic E-state index is 12.3. The van der Waals surface area contributed by atoms with E-state index in [0.717, 1.165) is 27.6 Å². The lowest BCUT2D eigenvalue weighted by Gasteiger charge is -2.01. The number of rotatable bonds is 5. The van der Waals surface area contributed by atoms with Crippen LogP contribution in [-0.2, 0) is 0 Å². The molecule has 0 saturated carbocycles. The maximum atomic E-state index is 12.3. The summed E-state index contributed by atoms with van der Waals surface area (Å²) in [5.41, 5.74) is 5.36. The fourth-order valence-corrected chi connectivity index (χ4v) is 2.93. The van der Waals surface area contributed by atoms with Crippen molar-refractivity contribution in [3.05, 3.63) is 84.1 Å². The third kappa shape index (κ3) is 3.61. The molecule has 4 rings (SSSR count). The van der Waals surface area contributed by atoms with Crippen LogP contribution in [0.4, 0.5) is 0 Å². The van der Waals surface area contributed by atoms with E-state index < -0.39 is 0 Å². The highest BCUT2D eigenvalue weighted by molar-refractivity contribution is 6.00. The van der Waals surface area contributed by atoms with E-state index >= 15 is 0 Å². The monoisotopic (exact) mass is 370 g/mol. The van der Waals surface area contributed by atoms with Crippen molar-refractivity contribution in [2.24, 2.45) is 5.10 Å². The number of fused-ring (bicyclic) bond motifs is 1. The van der Waals surface area contributed by atoms with Gasteiger partial charge in [-0.15, -0.1) is 0 Å². The normalized spacial score (nSPS) is 11.0. The smallest absolute Gasteiger partial charge is 0.289 e. The van der Waals surface area contributed by atoms with Gasteiger partial charge in [0, 0.05) is 11.1 Å². The number of amides is 1. The Bertz CT molecular complexity index is 1140. The Morgan fingerprint density at radius 2 is 1.86 bits per heavy atom. The van der Waals surface area contributed by atoms with Gasteiger partial charge in [0.15, 0.2) is 0 Å². The summed E-state index contributed by atoms with van der Waals surface area (Å²) in [4.78, 5) is 12.3.